The van der Waals surface area contributed by atoms with Crippen molar-refractivity contribution in [2.24, 2.45) is 0 Å². The van der Waals surface area contributed by atoms with E-state index in [4.69, 9.17) is 21.6 Å². The van der Waals surface area contributed by atoms with E-state index < -0.39 is 0 Å². The van der Waals surface area contributed by atoms with Gasteiger partial charge in [0.1, 0.15) is 10.0 Å². The molecule has 0 atom stereocenters. The van der Waals surface area contributed by atoms with Crippen LogP contribution in [0.2, 0.25) is 5.02 Å². The number of benzene rings is 3. The third kappa shape index (κ3) is 3.08. The number of fused-ring (bicyclic) bond motifs is 2. The van der Waals surface area contributed by atoms with Crippen LogP contribution < -0.4 is 5.32 Å². The van der Waals surface area contributed by atoms with Crippen molar-refractivity contribution in [1.82, 2.24) is 9.97 Å². The Kier molecular flexibility index (Phi) is 4.08. The molecule has 0 saturated carbocycles. The molecule has 27 heavy (non-hydrogen) atoms. The molecular formula is C21H14ClN3S2. The van der Waals surface area contributed by atoms with Crippen LogP contribution in [0.15, 0.2) is 60.7 Å². The summed E-state index contributed by atoms with van der Waals surface area (Å²) in [4.78, 5) is 9.54. The molecule has 0 radical (unpaired) electrons. The molecule has 0 aliphatic heterocycles. The number of nitrogens with zero attached hydrogens (tertiary/aromatic N) is 2. The zero-order valence-electron chi connectivity index (χ0n) is 14.4. The third-order valence-electron chi connectivity index (χ3n) is 4.41. The van der Waals surface area contributed by atoms with Gasteiger partial charge in [-0.2, -0.15) is 0 Å². The lowest BCUT2D eigenvalue weighted by molar-refractivity contribution is 1.45. The highest BCUT2D eigenvalue weighted by Gasteiger charge is 2.11. The quantitative estimate of drug-likeness (QED) is 0.352. The normalized spacial score (nSPS) is 11.3. The fraction of sp³-hybridized carbons (Fsp3) is 0.0476. The van der Waals surface area contributed by atoms with E-state index in [1.165, 1.54) is 0 Å². The van der Waals surface area contributed by atoms with Gasteiger partial charge in [-0.3, -0.25) is 0 Å². The lowest BCUT2D eigenvalue weighted by atomic mass is 10.2. The molecule has 0 spiro atoms. The molecule has 0 saturated heterocycles. The van der Waals surface area contributed by atoms with Crippen molar-refractivity contribution in [2.75, 3.05) is 12.4 Å². The SMILES string of the molecule is CNc1ccc(-c2nc3ccc(-c4nc5ccc(Cl)cc5s4)cc3s2)cc1. The van der Waals surface area contributed by atoms with Crippen LogP contribution in [0.5, 0.6) is 0 Å². The van der Waals surface area contributed by atoms with Crippen molar-refractivity contribution in [3.05, 3.63) is 65.7 Å². The number of thiazole rings is 2. The van der Waals surface area contributed by atoms with Crippen LogP contribution in [0.1, 0.15) is 0 Å². The molecular weight excluding hydrogens is 394 g/mol. The molecule has 5 rings (SSSR count). The first-order chi connectivity index (χ1) is 13.2. The van der Waals surface area contributed by atoms with Gasteiger partial charge in [-0.15, -0.1) is 22.7 Å². The van der Waals surface area contributed by atoms with E-state index in [1.807, 2.05) is 25.2 Å². The number of hydrogen-bond donors (Lipinski definition) is 1. The van der Waals surface area contributed by atoms with E-state index in [0.29, 0.717) is 0 Å². The summed E-state index contributed by atoms with van der Waals surface area (Å²) in [6.45, 7) is 0. The smallest absolute Gasteiger partial charge is 0.124 e. The Balaban J connectivity index is 1.56. The average molecular weight is 408 g/mol. The number of hydrogen-bond acceptors (Lipinski definition) is 5. The largest absolute Gasteiger partial charge is 0.388 e. The predicted molar refractivity (Wildman–Crippen MR) is 118 cm³/mol. The van der Waals surface area contributed by atoms with Gasteiger partial charge in [0.15, 0.2) is 0 Å². The van der Waals surface area contributed by atoms with E-state index in [-0.39, 0.29) is 0 Å². The fourth-order valence-electron chi connectivity index (χ4n) is 2.98. The number of nitrogens with one attached hydrogen (secondary N) is 1. The van der Waals surface area contributed by atoms with Crippen molar-refractivity contribution >= 4 is 60.4 Å². The van der Waals surface area contributed by atoms with E-state index in [9.17, 15) is 0 Å². The summed E-state index contributed by atoms with van der Waals surface area (Å²) in [6, 6.07) is 20.5. The summed E-state index contributed by atoms with van der Waals surface area (Å²) in [7, 11) is 1.92. The maximum atomic E-state index is 6.10. The Labute approximate surface area is 169 Å². The molecule has 5 aromatic rings. The standard InChI is InChI=1S/C21H14ClN3S2/c1-23-15-6-2-12(3-7-15)20-24-16-8-4-13(10-18(16)26-20)21-25-17-9-5-14(22)11-19(17)27-21/h2-11,23H,1H3. The highest BCUT2D eigenvalue weighted by Crippen LogP contribution is 2.36. The molecule has 6 heteroatoms. The molecule has 0 aliphatic rings. The molecule has 2 heterocycles. The second-order valence-electron chi connectivity index (χ2n) is 6.16. The zero-order chi connectivity index (χ0) is 18.4. The molecule has 0 bridgehead atoms. The first-order valence-electron chi connectivity index (χ1n) is 8.45. The van der Waals surface area contributed by atoms with Crippen LogP contribution in [0.25, 0.3) is 41.6 Å². The molecule has 0 amide bonds. The van der Waals surface area contributed by atoms with Gasteiger partial charge in [-0.1, -0.05) is 11.6 Å². The molecule has 3 aromatic carbocycles. The van der Waals surface area contributed by atoms with Crippen LogP contribution in [-0.2, 0) is 0 Å². The van der Waals surface area contributed by atoms with E-state index in [1.54, 1.807) is 22.7 Å². The van der Waals surface area contributed by atoms with Crippen LogP contribution in [-0.4, -0.2) is 17.0 Å². The second-order valence-corrected chi connectivity index (χ2v) is 8.66. The van der Waals surface area contributed by atoms with Crippen LogP contribution >= 0.6 is 34.3 Å². The summed E-state index contributed by atoms with van der Waals surface area (Å²) in [5, 5.41) is 5.91. The Hall–Kier alpha value is -2.47. The van der Waals surface area contributed by atoms with Gasteiger partial charge < -0.3 is 5.32 Å². The Bertz CT molecular complexity index is 1270. The lowest BCUT2D eigenvalue weighted by Crippen LogP contribution is -1.86. The summed E-state index contributed by atoms with van der Waals surface area (Å²) in [6.07, 6.45) is 0. The Morgan fingerprint density at radius 2 is 1.33 bits per heavy atom. The first-order valence-corrected chi connectivity index (χ1v) is 10.5. The minimum absolute atomic E-state index is 0.740. The van der Waals surface area contributed by atoms with Gasteiger partial charge in [0.2, 0.25) is 0 Å². The number of anilines is 1. The summed E-state index contributed by atoms with van der Waals surface area (Å²) >= 11 is 9.47. The summed E-state index contributed by atoms with van der Waals surface area (Å²) in [5.41, 5.74) is 5.33. The molecule has 2 aromatic heterocycles. The van der Waals surface area contributed by atoms with Crippen molar-refractivity contribution in [2.45, 2.75) is 0 Å². The Morgan fingerprint density at radius 3 is 2.04 bits per heavy atom. The van der Waals surface area contributed by atoms with Gasteiger partial charge in [-0.25, -0.2) is 9.97 Å². The first kappa shape index (κ1) is 16.7. The third-order valence-corrected chi connectivity index (χ3v) is 6.78. The molecule has 1 N–H and O–H groups in total. The van der Waals surface area contributed by atoms with Gasteiger partial charge in [0.25, 0.3) is 0 Å². The number of aromatic nitrogens is 2. The number of rotatable bonds is 3. The Morgan fingerprint density at radius 1 is 0.741 bits per heavy atom. The molecule has 0 aliphatic carbocycles. The molecule has 0 unspecified atom stereocenters. The minimum Gasteiger partial charge on any atom is -0.388 e. The molecule has 0 fully saturated rings. The topological polar surface area (TPSA) is 37.8 Å². The highest BCUT2D eigenvalue weighted by molar-refractivity contribution is 7.22. The van der Waals surface area contributed by atoms with Gasteiger partial charge >= 0.3 is 0 Å². The van der Waals surface area contributed by atoms with E-state index in [2.05, 4.69) is 47.8 Å². The molecule has 132 valence electrons. The van der Waals surface area contributed by atoms with Crippen LogP contribution in [0.4, 0.5) is 5.69 Å². The highest BCUT2D eigenvalue weighted by atomic mass is 35.5. The zero-order valence-corrected chi connectivity index (χ0v) is 16.8. The van der Waals surface area contributed by atoms with Crippen LogP contribution in [0.3, 0.4) is 0 Å². The van der Waals surface area contributed by atoms with E-state index in [0.717, 1.165) is 52.3 Å². The lowest BCUT2D eigenvalue weighted by Gasteiger charge is -2.00. The van der Waals surface area contributed by atoms with Gasteiger partial charge in [-0.05, 0) is 60.7 Å². The van der Waals surface area contributed by atoms with Crippen molar-refractivity contribution < 1.29 is 0 Å². The van der Waals surface area contributed by atoms with Gasteiger partial charge in [0.05, 0.1) is 20.4 Å². The fourth-order valence-corrected chi connectivity index (χ4v) is 5.23. The van der Waals surface area contributed by atoms with Crippen molar-refractivity contribution in [1.29, 1.82) is 0 Å². The summed E-state index contributed by atoms with van der Waals surface area (Å²) < 4.78 is 2.27. The summed E-state index contributed by atoms with van der Waals surface area (Å²) in [5.74, 6) is 0. The number of halogens is 1. The molecule has 3 nitrogen and oxygen atoms in total. The maximum absolute atomic E-state index is 6.10. The van der Waals surface area contributed by atoms with Crippen molar-refractivity contribution in [3.8, 4) is 21.1 Å². The van der Waals surface area contributed by atoms with Gasteiger partial charge in [0, 0.05) is 28.9 Å². The van der Waals surface area contributed by atoms with E-state index >= 15 is 0 Å². The minimum atomic E-state index is 0.740. The van der Waals surface area contributed by atoms with Crippen molar-refractivity contribution in [3.63, 3.8) is 0 Å². The maximum Gasteiger partial charge on any atom is 0.124 e. The predicted octanol–water partition coefficient (Wildman–Crippen LogP) is 6.94. The average Bonchev–Trinajstić information content (AvgIpc) is 3.31. The van der Waals surface area contributed by atoms with Crippen LogP contribution in [0, 0.1) is 0 Å². The monoisotopic (exact) mass is 407 g/mol. The second kappa shape index (κ2) is 6.60.